The number of rotatable bonds is 9. The molecule has 2 aromatic rings. The molecule has 3 rings (SSSR count). The number of imidazole rings is 1. The number of carbonyl (C=O) groups excluding carboxylic acids is 2. The van der Waals surface area contributed by atoms with E-state index >= 15 is 0 Å². The summed E-state index contributed by atoms with van der Waals surface area (Å²) in [6.07, 6.45) is 5.70. The first kappa shape index (κ1) is 22.1. The van der Waals surface area contributed by atoms with E-state index in [1.54, 1.807) is 17.0 Å². The molecular formula is C20H23N5O5S. The molecule has 1 aromatic heterocycles. The lowest BCUT2D eigenvalue weighted by atomic mass is 10.2. The summed E-state index contributed by atoms with van der Waals surface area (Å²) >= 11 is 0. The number of benzene rings is 1. The summed E-state index contributed by atoms with van der Waals surface area (Å²) in [5.74, 6) is 0. The number of hydrogen-bond donors (Lipinski definition) is 2. The largest absolute Gasteiger partial charge is 0.445 e. The van der Waals surface area contributed by atoms with E-state index in [9.17, 15) is 18.0 Å². The van der Waals surface area contributed by atoms with E-state index in [0.717, 1.165) is 16.4 Å². The minimum absolute atomic E-state index is 0.161. The Bertz CT molecular complexity index is 1060. The number of sulfone groups is 1. The SMILES string of the molecule is NC(=O)N(C1=CS(=O)(=O)C=C1)C(CCCNC(=O)OCc1ccccc1)n1ccnc1. The summed E-state index contributed by atoms with van der Waals surface area (Å²) in [5.41, 5.74) is 6.60. The number of carbonyl (C=O) groups is 2. The number of nitrogens with zero attached hydrogens (tertiary/aromatic N) is 3. The van der Waals surface area contributed by atoms with E-state index in [1.807, 2.05) is 30.3 Å². The zero-order valence-electron chi connectivity index (χ0n) is 16.6. The first-order valence-electron chi connectivity index (χ1n) is 9.51. The number of aromatic nitrogens is 2. The van der Waals surface area contributed by atoms with Crippen LogP contribution in [-0.2, 0) is 21.2 Å². The van der Waals surface area contributed by atoms with Crippen LogP contribution in [0, 0.1) is 0 Å². The van der Waals surface area contributed by atoms with Crippen molar-refractivity contribution in [3.63, 3.8) is 0 Å². The van der Waals surface area contributed by atoms with Crippen molar-refractivity contribution in [2.24, 2.45) is 5.73 Å². The number of allylic oxidation sites excluding steroid dienone is 1. The third-order valence-corrected chi connectivity index (χ3v) is 5.60. The van der Waals surface area contributed by atoms with Gasteiger partial charge in [-0.1, -0.05) is 30.3 Å². The number of urea groups is 1. The number of ether oxygens (including phenoxy) is 1. The second kappa shape index (κ2) is 9.94. The van der Waals surface area contributed by atoms with Gasteiger partial charge in [-0.3, -0.25) is 4.90 Å². The van der Waals surface area contributed by atoms with Crippen LogP contribution in [0.4, 0.5) is 9.59 Å². The Morgan fingerprint density at radius 1 is 1.26 bits per heavy atom. The Hall–Kier alpha value is -3.60. The van der Waals surface area contributed by atoms with E-state index in [1.165, 1.54) is 17.3 Å². The van der Waals surface area contributed by atoms with Crippen LogP contribution in [0.2, 0.25) is 0 Å². The van der Waals surface area contributed by atoms with Gasteiger partial charge in [0, 0.05) is 24.3 Å². The number of nitrogens with one attached hydrogen (secondary N) is 1. The molecule has 0 saturated carbocycles. The fourth-order valence-corrected chi connectivity index (χ4v) is 4.04. The Morgan fingerprint density at radius 2 is 2.03 bits per heavy atom. The number of nitrogens with two attached hydrogens (primary N) is 1. The zero-order chi connectivity index (χ0) is 22.3. The summed E-state index contributed by atoms with van der Waals surface area (Å²) < 4.78 is 30.3. The topological polar surface area (TPSA) is 137 Å². The molecule has 1 atom stereocenters. The molecule has 1 aliphatic heterocycles. The molecule has 0 saturated heterocycles. The molecule has 0 spiro atoms. The van der Waals surface area contributed by atoms with Crippen LogP contribution in [0.25, 0.3) is 0 Å². The quantitative estimate of drug-likeness (QED) is 0.568. The smallest absolute Gasteiger partial charge is 0.407 e. The van der Waals surface area contributed by atoms with Gasteiger partial charge in [0.25, 0.3) is 0 Å². The summed E-state index contributed by atoms with van der Waals surface area (Å²) in [6.45, 7) is 0.452. The van der Waals surface area contributed by atoms with Crippen molar-refractivity contribution in [3.8, 4) is 0 Å². The Labute approximate surface area is 179 Å². The first-order chi connectivity index (χ1) is 14.9. The minimum Gasteiger partial charge on any atom is -0.445 e. The maximum atomic E-state index is 12.2. The van der Waals surface area contributed by atoms with Gasteiger partial charge in [0.1, 0.15) is 12.8 Å². The average Bonchev–Trinajstić information content (AvgIpc) is 3.38. The second-order valence-corrected chi connectivity index (χ2v) is 8.45. The van der Waals surface area contributed by atoms with Crippen molar-refractivity contribution < 1.29 is 22.7 Å². The van der Waals surface area contributed by atoms with E-state index in [4.69, 9.17) is 10.5 Å². The van der Waals surface area contributed by atoms with Gasteiger partial charge < -0.3 is 20.4 Å². The molecule has 0 bridgehead atoms. The molecule has 1 unspecified atom stereocenters. The maximum Gasteiger partial charge on any atom is 0.407 e. The van der Waals surface area contributed by atoms with Crippen molar-refractivity contribution >= 4 is 22.0 Å². The maximum absolute atomic E-state index is 12.2. The molecule has 3 N–H and O–H groups in total. The van der Waals surface area contributed by atoms with E-state index in [0.29, 0.717) is 19.4 Å². The van der Waals surface area contributed by atoms with Gasteiger partial charge in [0.15, 0.2) is 9.84 Å². The van der Waals surface area contributed by atoms with Crippen molar-refractivity contribution in [1.82, 2.24) is 19.8 Å². The molecule has 164 valence electrons. The van der Waals surface area contributed by atoms with Crippen molar-refractivity contribution in [2.45, 2.75) is 25.6 Å². The second-order valence-electron chi connectivity index (χ2n) is 6.76. The third-order valence-electron chi connectivity index (χ3n) is 4.52. The first-order valence-corrected chi connectivity index (χ1v) is 11.1. The highest BCUT2D eigenvalue weighted by atomic mass is 32.2. The predicted molar refractivity (Wildman–Crippen MR) is 113 cm³/mol. The van der Waals surface area contributed by atoms with Gasteiger partial charge in [-0.05, 0) is 24.5 Å². The van der Waals surface area contributed by atoms with E-state index < -0.39 is 28.1 Å². The van der Waals surface area contributed by atoms with Gasteiger partial charge in [-0.15, -0.1) is 0 Å². The van der Waals surface area contributed by atoms with Crippen molar-refractivity contribution in [1.29, 1.82) is 0 Å². The highest BCUT2D eigenvalue weighted by molar-refractivity contribution is 7.97. The lowest BCUT2D eigenvalue weighted by Gasteiger charge is -2.31. The Balaban J connectivity index is 1.58. The number of alkyl carbamates (subject to hydrolysis) is 1. The van der Waals surface area contributed by atoms with Crippen LogP contribution in [0.3, 0.4) is 0 Å². The molecule has 0 fully saturated rings. The van der Waals surface area contributed by atoms with Gasteiger partial charge in [-0.2, -0.15) is 0 Å². The van der Waals surface area contributed by atoms with Gasteiger partial charge >= 0.3 is 12.1 Å². The van der Waals surface area contributed by atoms with Crippen LogP contribution in [-0.4, -0.2) is 41.5 Å². The normalized spacial score (nSPS) is 15.2. The molecule has 10 nitrogen and oxygen atoms in total. The van der Waals surface area contributed by atoms with Gasteiger partial charge in [0.05, 0.1) is 17.4 Å². The molecule has 3 amide bonds. The van der Waals surface area contributed by atoms with Crippen molar-refractivity contribution in [2.75, 3.05) is 6.54 Å². The minimum atomic E-state index is -3.53. The fraction of sp³-hybridized carbons (Fsp3) is 0.250. The molecule has 0 radical (unpaired) electrons. The summed E-state index contributed by atoms with van der Waals surface area (Å²) in [4.78, 5) is 29.2. The van der Waals surface area contributed by atoms with Crippen molar-refractivity contribution in [3.05, 3.63) is 77.2 Å². The summed E-state index contributed by atoms with van der Waals surface area (Å²) in [6, 6.07) is 8.50. The molecular weight excluding hydrogens is 422 g/mol. The molecule has 31 heavy (non-hydrogen) atoms. The Kier molecular flexibility index (Phi) is 7.08. The lowest BCUT2D eigenvalue weighted by molar-refractivity contribution is 0.138. The van der Waals surface area contributed by atoms with Crippen LogP contribution < -0.4 is 11.1 Å². The lowest BCUT2D eigenvalue weighted by Crippen LogP contribution is -2.40. The van der Waals surface area contributed by atoms with Crippen LogP contribution in [0.5, 0.6) is 0 Å². The average molecular weight is 446 g/mol. The van der Waals surface area contributed by atoms with Crippen LogP contribution in [0.1, 0.15) is 24.6 Å². The highest BCUT2D eigenvalue weighted by Gasteiger charge is 2.28. The monoisotopic (exact) mass is 445 g/mol. The molecule has 2 heterocycles. The molecule has 11 heteroatoms. The van der Waals surface area contributed by atoms with Gasteiger partial charge in [-0.25, -0.2) is 23.0 Å². The fourth-order valence-electron chi connectivity index (χ4n) is 3.10. The van der Waals surface area contributed by atoms with E-state index in [2.05, 4.69) is 10.3 Å². The number of hydrogen-bond acceptors (Lipinski definition) is 6. The van der Waals surface area contributed by atoms with E-state index in [-0.39, 0.29) is 12.3 Å². The van der Waals surface area contributed by atoms with Crippen LogP contribution >= 0.6 is 0 Å². The highest BCUT2D eigenvalue weighted by Crippen LogP contribution is 2.27. The standard InChI is InChI=1S/C20H23N5O5S/c21-19(26)25(17-8-12-31(28,29)14-17)18(24-11-10-22-15-24)7-4-9-23-20(27)30-13-16-5-2-1-3-6-16/h1-3,5-6,8,10-12,14-15,18H,4,7,9,13H2,(H2,21,26)(H,23,27). The van der Waals surface area contributed by atoms with Crippen LogP contribution in [0.15, 0.2) is 71.6 Å². The number of amides is 3. The third kappa shape index (κ3) is 6.19. The summed E-state index contributed by atoms with van der Waals surface area (Å²) in [7, 11) is -3.53. The van der Waals surface area contributed by atoms with Gasteiger partial charge in [0.2, 0.25) is 0 Å². The summed E-state index contributed by atoms with van der Waals surface area (Å²) in [5, 5.41) is 4.65. The molecule has 0 aliphatic carbocycles. The Morgan fingerprint density at radius 3 is 2.65 bits per heavy atom. The molecule has 1 aliphatic rings. The number of primary amides is 1. The molecule has 1 aromatic carbocycles. The predicted octanol–water partition coefficient (Wildman–Crippen LogP) is 2.25. The zero-order valence-corrected chi connectivity index (χ0v) is 17.4.